The van der Waals surface area contributed by atoms with Crippen molar-refractivity contribution >= 4 is 66.7 Å². The number of nitrogens with zero attached hydrogens (tertiary/aromatic N) is 2. The lowest BCUT2D eigenvalue weighted by Gasteiger charge is -2.34. The molecule has 4 heterocycles. The van der Waals surface area contributed by atoms with Crippen molar-refractivity contribution < 1.29 is 0 Å². The van der Waals surface area contributed by atoms with Gasteiger partial charge in [0, 0.05) is 54.8 Å². The maximum absolute atomic E-state index is 2.66. The Morgan fingerprint density at radius 1 is 0.349 bits per heavy atom. The number of benzene rings is 9. The lowest BCUT2D eigenvalue weighted by atomic mass is 9.34. The second-order valence-corrected chi connectivity index (χ2v) is 19.6. The Balaban J connectivity index is 1.05. The van der Waals surface area contributed by atoms with E-state index >= 15 is 0 Å². The second-order valence-electron chi connectivity index (χ2n) is 19.6. The van der Waals surface area contributed by atoms with E-state index in [1.807, 2.05) is 0 Å². The largest absolute Gasteiger partial charge is 0.310 e. The van der Waals surface area contributed by atoms with Crippen molar-refractivity contribution in [2.24, 2.45) is 0 Å². The van der Waals surface area contributed by atoms with Crippen molar-refractivity contribution in [1.29, 1.82) is 0 Å². The molecule has 0 fully saturated rings. The molecule has 0 amide bonds. The fourth-order valence-corrected chi connectivity index (χ4v) is 12.9. The SMILES string of the molecule is CC1(C)c2ccccc2-c2cc3c4cccc5c4n(c3cc21)-c1cc(-c2ccccc2)cc2c1B5c1cccc3c4cc5c(cc4n-2c13)C(C)(C)c1cc(-c2ccccc2)ccc1-5. The highest BCUT2D eigenvalue weighted by molar-refractivity contribution is 7.00. The summed E-state index contributed by atoms with van der Waals surface area (Å²) in [7, 11) is 0. The van der Waals surface area contributed by atoms with E-state index in [0.717, 1.165) is 0 Å². The molecule has 0 N–H and O–H groups in total. The third-order valence-corrected chi connectivity index (χ3v) is 15.9. The predicted octanol–water partition coefficient (Wildman–Crippen LogP) is 13.0. The summed E-state index contributed by atoms with van der Waals surface area (Å²) in [5, 5.41) is 5.30. The van der Waals surface area contributed by atoms with E-state index in [1.54, 1.807) is 0 Å². The Hall–Kier alpha value is -7.36. The van der Waals surface area contributed by atoms with Gasteiger partial charge in [0.15, 0.2) is 0 Å². The summed E-state index contributed by atoms with van der Waals surface area (Å²) >= 11 is 0. The van der Waals surface area contributed by atoms with Crippen LogP contribution in [0, 0.1) is 0 Å². The summed E-state index contributed by atoms with van der Waals surface area (Å²) in [6.07, 6.45) is 0. The number of hydrogen-bond acceptors (Lipinski definition) is 0. The molecule has 3 heteroatoms. The summed E-state index contributed by atoms with van der Waals surface area (Å²) < 4.78 is 5.31. The van der Waals surface area contributed by atoms with Crippen LogP contribution < -0.4 is 16.4 Å². The van der Waals surface area contributed by atoms with Gasteiger partial charge in [-0.2, -0.15) is 0 Å². The first kappa shape index (κ1) is 34.3. The minimum atomic E-state index is -0.173. The molecule has 0 spiro atoms. The molecule has 9 aromatic carbocycles. The van der Waals surface area contributed by atoms with Crippen molar-refractivity contribution in [3.05, 3.63) is 198 Å². The van der Waals surface area contributed by atoms with Crippen LogP contribution in [0.4, 0.5) is 0 Å². The highest BCUT2D eigenvalue weighted by Gasteiger charge is 2.43. The van der Waals surface area contributed by atoms with E-state index in [2.05, 4.69) is 213 Å². The molecule has 63 heavy (non-hydrogen) atoms. The molecule has 15 rings (SSSR count). The maximum Gasteiger partial charge on any atom is 0.252 e. The highest BCUT2D eigenvalue weighted by Crippen LogP contribution is 2.54. The topological polar surface area (TPSA) is 9.86 Å². The van der Waals surface area contributed by atoms with Gasteiger partial charge in [-0.05, 0) is 126 Å². The number of rotatable bonds is 2. The predicted molar refractivity (Wildman–Crippen MR) is 266 cm³/mol. The van der Waals surface area contributed by atoms with E-state index < -0.39 is 0 Å². The van der Waals surface area contributed by atoms with Gasteiger partial charge in [-0.1, -0.05) is 161 Å². The molecular weight excluding hydrogens is 759 g/mol. The van der Waals surface area contributed by atoms with Crippen molar-refractivity contribution in [2.45, 2.75) is 38.5 Å². The molecule has 2 aromatic heterocycles. The zero-order valence-electron chi connectivity index (χ0n) is 35.7. The number of hydrogen-bond donors (Lipinski definition) is 0. The smallest absolute Gasteiger partial charge is 0.252 e. The van der Waals surface area contributed by atoms with Crippen LogP contribution >= 0.6 is 0 Å². The summed E-state index contributed by atoms with van der Waals surface area (Å²) in [5.74, 6) is 0. The first-order valence-electron chi connectivity index (χ1n) is 22.5. The van der Waals surface area contributed by atoms with Crippen LogP contribution in [0.15, 0.2) is 176 Å². The van der Waals surface area contributed by atoms with E-state index in [0.29, 0.717) is 0 Å². The number of fused-ring (bicyclic) bond motifs is 16. The van der Waals surface area contributed by atoms with Crippen molar-refractivity contribution in [3.63, 3.8) is 0 Å². The van der Waals surface area contributed by atoms with Crippen LogP contribution in [0.1, 0.15) is 49.9 Å². The molecule has 4 aliphatic rings. The van der Waals surface area contributed by atoms with Crippen molar-refractivity contribution in [3.8, 4) is 55.9 Å². The Morgan fingerprint density at radius 2 is 0.841 bits per heavy atom. The van der Waals surface area contributed by atoms with E-state index in [9.17, 15) is 0 Å². The van der Waals surface area contributed by atoms with Crippen molar-refractivity contribution in [2.75, 3.05) is 0 Å². The maximum atomic E-state index is 2.66. The monoisotopic (exact) mass is 800 g/mol. The molecule has 0 atom stereocenters. The quantitative estimate of drug-likeness (QED) is 0.154. The fraction of sp³-hybridized carbons (Fsp3) is 0.100. The van der Waals surface area contributed by atoms with Crippen LogP contribution in [0.3, 0.4) is 0 Å². The van der Waals surface area contributed by atoms with Gasteiger partial charge in [0.05, 0.1) is 11.0 Å². The van der Waals surface area contributed by atoms with Gasteiger partial charge in [0.2, 0.25) is 0 Å². The van der Waals surface area contributed by atoms with Gasteiger partial charge in [-0.25, -0.2) is 0 Å². The van der Waals surface area contributed by atoms with E-state index in [1.165, 1.54) is 138 Å². The fourth-order valence-electron chi connectivity index (χ4n) is 12.9. The van der Waals surface area contributed by atoms with Crippen LogP contribution in [0.25, 0.3) is 99.5 Å². The molecule has 294 valence electrons. The third-order valence-electron chi connectivity index (χ3n) is 15.9. The Labute approximate surface area is 366 Å². The minimum absolute atomic E-state index is 0.0882. The lowest BCUT2D eigenvalue weighted by molar-refractivity contribution is 0.661. The number of aromatic nitrogens is 2. The minimum Gasteiger partial charge on any atom is -0.310 e. The summed E-state index contributed by atoms with van der Waals surface area (Å²) in [5.41, 5.74) is 27.8. The van der Waals surface area contributed by atoms with E-state index in [4.69, 9.17) is 0 Å². The van der Waals surface area contributed by atoms with Crippen molar-refractivity contribution in [1.82, 2.24) is 9.13 Å². The summed E-state index contributed by atoms with van der Waals surface area (Å²) in [6, 6.07) is 67.4. The molecule has 0 radical (unpaired) electrons. The Morgan fingerprint density at radius 3 is 1.43 bits per heavy atom. The second kappa shape index (κ2) is 11.4. The molecule has 0 bridgehead atoms. The first-order valence-corrected chi connectivity index (χ1v) is 22.5. The van der Waals surface area contributed by atoms with Crippen LogP contribution in [0.2, 0.25) is 0 Å². The lowest BCUT2D eigenvalue weighted by Crippen LogP contribution is -2.59. The molecule has 2 aliphatic carbocycles. The highest BCUT2D eigenvalue weighted by atomic mass is 15.0. The molecule has 0 saturated heterocycles. The molecule has 2 aliphatic heterocycles. The molecular formula is C60H41BN2. The Kier molecular flexibility index (Phi) is 6.18. The molecule has 11 aromatic rings. The summed E-state index contributed by atoms with van der Waals surface area (Å²) in [6.45, 7) is 9.74. The number of para-hydroxylation sites is 2. The normalized spacial score (nSPS) is 15.2. The van der Waals surface area contributed by atoms with Crippen LogP contribution in [-0.2, 0) is 10.8 Å². The molecule has 0 unspecified atom stereocenters. The average Bonchev–Trinajstić information content (AvgIpc) is 3.97. The van der Waals surface area contributed by atoms with Crippen LogP contribution in [-0.4, -0.2) is 15.8 Å². The van der Waals surface area contributed by atoms with Gasteiger partial charge in [-0.15, -0.1) is 0 Å². The summed E-state index contributed by atoms with van der Waals surface area (Å²) in [4.78, 5) is 0. The van der Waals surface area contributed by atoms with Gasteiger partial charge in [0.1, 0.15) is 0 Å². The van der Waals surface area contributed by atoms with Gasteiger partial charge >= 0.3 is 0 Å². The van der Waals surface area contributed by atoms with Gasteiger partial charge in [-0.3, -0.25) is 0 Å². The standard InChI is InChI=1S/C60H41BN2/c1-59(2)46-22-12-11-19-38(46)42-30-44-40-20-13-23-50-57(40)62(52(44)32-48(42)59)54-28-37(35-17-9-6-10-18-35)29-55-56(54)61(50)51-24-14-21-41-45-31-43-39-26-25-36(34-15-7-5-8-16-34)27-47(39)60(3,4)49(43)33-53(45)63(55)58(41)51/h5-33H,1-4H3. The van der Waals surface area contributed by atoms with Crippen LogP contribution in [0.5, 0.6) is 0 Å². The van der Waals surface area contributed by atoms with Gasteiger partial charge in [0.25, 0.3) is 6.71 Å². The zero-order chi connectivity index (χ0) is 41.7. The zero-order valence-corrected chi connectivity index (χ0v) is 35.7. The first-order chi connectivity index (χ1) is 30.8. The van der Waals surface area contributed by atoms with E-state index in [-0.39, 0.29) is 17.5 Å². The Bertz CT molecular complexity index is 3900. The molecule has 2 nitrogen and oxygen atoms in total. The molecule has 0 saturated carbocycles. The van der Waals surface area contributed by atoms with Gasteiger partial charge < -0.3 is 9.13 Å². The third kappa shape index (κ3) is 4.08. The average molecular weight is 801 g/mol.